The van der Waals surface area contributed by atoms with E-state index >= 15 is 0 Å². The van der Waals surface area contributed by atoms with Crippen LogP contribution in [-0.4, -0.2) is 12.6 Å². The predicted octanol–water partition coefficient (Wildman–Crippen LogP) is 3.63. The van der Waals surface area contributed by atoms with Crippen molar-refractivity contribution < 1.29 is 4.74 Å². The van der Waals surface area contributed by atoms with E-state index < -0.39 is 0 Å². The summed E-state index contributed by atoms with van der Waals surface area (Å²) in [6.45, 7) is 3.14. The first-order chi connectivity index (χ1) is 9.78. The first-order valence-corrected chi connectivity index (χ1v) is 6.61. The van der Waals surface area contributed by atoms with Gasteiger partial charge in [0.25, 0.3) is 0 Å². The number of hydrogen-bond donors (Lipinski definition) is 2. The molecule has 3 N–H and O–H groups in total. The Hall–Kier alpha value is -1.76. The van der Waals surface area contributed by atoms with Crippen LogP contribution in [0, 0.1) is 0 Å². The zero-order valence-corrected chi connectivity index (χ0v) is 14.3. The van der Waals surface area contributed by atoms with E-state index in [0.29, 0.717) is 19.1 Å². The fourth-order valence-corrected chi connectivity index (χ4v) is 1.79. The number of nitrogens with two attached hydrogens (primary N) is 1. The van der Waals surface area contributed by atoms with Gasteiger partial charge in [-0.05, 0) is 36.8 Å². The van der Waals surface area contributed by atoms with Gasteiger partial charge in [-0.2, -0.15) is 0 Å². The maximum Gasteiger partial charge on any atom is 0.193 e. The molecule has 0 atom stereocenters. The van der Waals surface area contributed by atoms with Crippen molar-refractivity contribution in [2.45, 2.75) is 13.5 Å². The van der Waals surface area contributed by atoms with Gasteiger partial charge in [-0.15, -0.1) is 24.0 Å². The fourth-order valence-electron chi connectivity index (χ4n) is 1.79. The summed E-state index contributed by atoms with van der Waals surface area (Å²) in [6.07, 6.45) is 0. The van der Waals surface area contributed by atoms with Crippen molar-refractivity contribution in [1.82, 2.24) is 0 Å². The van der Waals surface area contributed by atoms with E-state index in [-0.39, 0.29) is 24.0 Å². The van der Waals surface area contributed by atoms with Gasteiger partial charge in [0.15, 0.2) is 5.96 Å². The molecule has 0 spiro atoms. The van der Waals surface area contributed by atoms with E-state index in [2.05, 4.69) is 10.3 Å². The van der Waals surface area contributed by atoms with Crippen molar-refractivity contribution in [2.75, 3.05) is 11.9 Å². The normalized spacial score (nSPS) is 10.6. The van der Waals surface area contributed by atoms with E-state index in [1.54, 1.807) is 0 Å². The number of ether oxygens (including phenoxy) is 1. The Morgan fingerprint density at radius 1 is 1.14 bits per heavy atom. The maximum absolute atomic E-state index is 5.86. The third-order valence-corrected chi connectivity index (χ3v) is 2.69. The van der Waals surface area contributed by atoms with Gasteiger partial charge in [-0.1, -0.05) is 30.3 Å². The van der Waals surface area contributed by atoms with E-state index in [0.717, 1.165) is 17.0 Å². The number of guanidine groups is 1. The zero-order chi connectivity index (χ0) is 14.2. The van der Waals surface area contributed by atoms with Gasteiger partial charge in [0, 0.05) is 5.69 Å². The molecule has 0 bridgehead atoms. The van der Waals surface area contributed by atoms with E-state index in [9.17, 15) is 0 Å². The lowest BCUT2D eigenvalue weighted by Crippen LogP contribution is -2.22. The van der Waals surface area contributed by atoms with Crippen LogP contribution in [0.4, 0.5) is 5.69 Å². The molecular weight excluding hydrogens is 377 g/mol. The second-order valence-corrected chi connectivity index (χ2v) is 4.27. The summed E-state index contributed by atoms with van der Waals surface area (Å²) in [5.41, 5.74) is 7.85. The molecule has 0 saturated heterocycles. The summed E-state index contributed by atoms with van der Waals surface area (Å²) in [7, 11) is 0. The van der Waals surface area contributed by atoms with Crippen molar-refractivity contribution in [3.8, 4) is 5.75 Å². The fraction of sp³-hybridized carbons (Fsp3) is 0.188. The van der Waals surface area contributed by atoms with Gasteiger partial charge in [-0.25, -0.2) is 4.99 Å². The Morgan fingerprint density at radius 3 is 2.62 bits per heavy atom. The molecule has 2 rings (SSSR count). The molecule has 0 amide bonds. The molecule has 0 aliphatic rings. The first-order valence-electron chi connectivity index (χ1n) is 6.61. The Bertz CT molecular complexity index is 573. The van der Waals surface area contributed by atoms with Gasteiger partial charge < -0.3 is 15.8 Å². The van der Waals surface area contributed by atoms with Crippen LogP contribution in [0.25, 0.3) is 0 Å². The van der Waals surface area contributed by atoms with Crippen LogP contribution in [0.1, 0.15) is 12.5 Å². The number of benzene rings is 2. The Balaban J connectivity index is 0.00000220. The van der Waals surface area contributed by atoms with Crippen molar-refractivity contribution in [3.63, 3.8) is 0 Å². The van der Waals surface area contributed by atoms with Crippen molar-refractivity contribution in [1.29, 1.82) is 0 Å². The van der Waals surface area contributed by atoms with Crippen molar-refractivity contribution >= 4 is 35.6 Å². The molecule has 2 aromatic rings. The lowest BCUT2D eigenvalue weighted by Gasteiger charge is -2.06. The Kier molecular flexibility index (Phi) is 7.60. The van der Waals surface area contributed by atoms with Crippen LogP contribution in [0.3, 0.4) is 0 Å². The van der Waals surface area contributed by atoms with Gasteiger partial charge in [-0.3, -0.25) is 0 Å². The number of rotatable bonds is 5. The third kappa shape index (κ3) is 6.03. The van der Waals surface area contributed by atoms with Crippen LogP contribution < -0.4 is 15.8 Å². The second kappa shape index (κ2) is 9.23. The summed E-state index contributed by atoms with van der Waals surface area (Å²) < 4.78 is 5.45. The molecule has 0 aliphatic heterocycles. The number of nitrogens with one attached hydrogen (secondary N) is 1. The van der Waals surface area contributed by atoms with Gasteiger partial charge >= 0.3 is 0 Å². The molecular formula is C16H20IN3O. The van der Waals surface area contributed by atoms with Gasteiger partial charge in [0.05, 0.1) is 13.2 Å². The minimum absolute atomic E-state index is 0. The third-order valence-electron chi connectivity index (χ3n) is 2.69. The summed E-state index contributed by atoms with van der Waals surface area (Å²) in [4.78, 5) is 4.32. The molecule has 0 unspecified atom stereocenters. The molecule has 21 heavy (non-hydrogen) atoms. The molecule has 0 saturated carbocycles. The summed E-state index contributed by atoms with van der Waals surface area (Å²) in [6, 6.07) is 17.6. The average molecular weight is 397 g/mol. The average Bonchev–Trinajstić information content (AvgIpc) is 2.47. The molecule has 4 nitrogen and oxygen atoms in total. The van der Waals surface area contributed by atoms with Gasteiger partial charge in [0.1, 0.15) is 5.75 Å². The molecule has 0 heterocycles. The summed E-state index contributed by atoms with van der Waals surface area (Å²) >= 11 is 0. The molecule has 0 fully saturated rings. The predicted molar refractivity (Wildman–Crippen MR) is 98.4 cm³/mol. The number of anilines is 1. The molecule has 112 valence electrons. The standard InChI is InChI=1S/C16H19N3O.HI/c1-2-20-15-10-6-7-13(11-15)12-18-16(17)19-14-8-4-3-5-9-14;/h3-11H,2,12H2,1H3,(H3,17,18,19);1H. The van der Waals surface area contributed by atoms with Crippen molar-refractivity contribution in [2.24, 2.45) is 10.7 Å². The molecule has 0 radical (unpaired) electrons. The quantitative estimate of drug-likeness (QED) is 0.460. The summed E-state index contributed by atoms with van der Waals surface area (Å²) in [5, 5.41) is 3.05. The molecule has 0 aromatic heterocycles. The molecule has 5 heteroatoms. The van der Waals surface area contributed by atoms with Crippen LogP contribution >= 0.6 is 24.0 Å². The van der Waals surface area contributed by atoms with Crippen LogP contribution in [0.2, 0.25) is 0 Å². The number of hydrogen-bond acceptors (Lipinski definition) is 2. The second-order valence-electron chi connectivity index (χ2n) is 4.27. The monoisotopic (exact) mass is 397 g/mol. The summed E-state index contributed by atoms with van der Waals surface area (Å²) in [5.74, 6) is 1.26. The number of nitrogens with zero attached hydrogens (tertiary/aromatic N) is 1. The van der Waals surface area contributed by atoms with E-state index in [1.165, 1.54) is 0 Å². The van der Waals surface area contributed by atoms with E-state index in [1.807, 2.05) is 61.5 Å². The smallest absolute Gasteiger partial charge is 0.193 e. The Morgan fingerprint density at radius 2 is 1.90 bits per heavy atom. The maximum atomic E-state index is 5.86. The van der Waals surface area contributed by atoms with Gasteiger partial charge in [0.2, 0.25) is 0 Å². The minimum atomic E-state index is 0. The van der Waals surface area contributed by atoms with Crippen LogP contribution in [-0.2, 0) is 6.54 Å². The van der Waals surface area contributed by atoms with Crippen LogP contribution in [0.15, 0.2) is 59.6 Å². The topological polar surface area (TPSA) is 59.6 Å². The van der Waals surface area contributed by atoms with E-state index in [4.69, 9.17) is 10.5 Å². The highest BCUT2D eigenvalue weighted by Crippen LogP contribution is 2.14. The minimum Gasteiger partial charge on any atom is -0.494 e. The lowest BCUT2D eigenvalue weighted by molar-refractivity contribution is 0.340. The number of para-hydroxylation sites is 1. The zero-order valence-electron chi connectivity index (χ0n) is 12.0. The highest BCUT2D eigenvalue weighted by Gasteiger charge is 1.97. The number of halogens is 1. The highest BCUT2D eigenvalue weighted by molar-refractivity contribution is 14.0. The van der Waals surface area contributed by atoms with Crippen LogP contribution in [0.5, 0.6) is 5.75 Å². The SMILES string of the molecule is CCOc1cccc(CN=C(N)Nc2ccccc2)c1.I. The highest BCUT2D eigenvalue weighted by atomic mass is 127. The lowest BCUT2D eigenvalue weighted by atomic mass is 10.2. The first kappa shape index (κ1) is 17.3. The largest absolute Gasteiger partial charge is 0.494 e. The molecule has 2 aromatic carbocycles. The Labute approximate surface area is 142 Å². The molecule has 0 aliphatic carbocycles. The number of aliphatic imine (C=N–C) groups is 1. The van der Waals surface area contributed by atoms with Crippen molar-refractivity contribution in [3.05, 3.63) is 60.2 Å².